The summed E-state index contributed by atoms with van der Waals surface area (Å²) >= 11 is 0. The van der Waals surface area contributed by atoms with Gasteiger partial charge >= 0.3 is 12.3 Å². The predicted octanol–water partition coefficient (Wildman–Crippen LogP) is 4.54. The number of rotatable bonds is 6. The van der Waals surface area contributed by atoms with Crippen LogP contribution in [0.25, 0.3) is 0 Å². The van der Waals surface area contributed by atoms with Crippen LogP contribution in [0.3, 0.4) is 0 Å². The second-order valence-electron chi connectivity index (χ2n) is 9.12. The number of anilines is 2. The summed E-state index contributed by atoms with van der Waals surface area (Å²) in [5.74, 6) is -5.16. The molecular formula is C24H26F5N5O5S. The number of hydrogen-bond acceptors (Lipinski definition) is 6. The molecule has 1 atom stereocenters. The van der Waals surface area contributed by atoms with Crippen LogP contribution < -0.4 is 15.5 Å². The molecule has 1 unspecified atom stereocenters. The number of hydrogen-bond donors (Lipinski definition) is 3. The number of aromatic nitrogens is 1. The van der Waals surface area contributed by atoms with E-state index in [0.29, 0.717) is 6.20 Å². The van der Waals surface area contributed by atoms with Gasteiger partial charge in [-0.3, -0.25) is 9.59 Å². The number of pyridine rings is 1. The van der Waals surface area contributed by atoms with E-state index in [9.17, 15) is 40.5 Å². The Morgan fingerprint density at radius 2 is 1.90 bits per heavy atom. The first-order chi connectivity index (χ1) is 18.5. The molecule has 1 aromatic carbocycles. The summed E-state index contributed by atoms with van der Waals surface area (Å²) in [4.78, 5) is 41.0. The number of benzene rings is 1. The van der Waals surface area contributed by atoms with Crippen LogP contribution in [0.4, 0.5) is 38.3 Å². The number of nitrogens with one attached hydrogen (secondary N) is 2. The van der Waals surface area contributed by atoms with Crippen molar-refractivity contribution in [2.24, 2.45) is 4.36 Å². The number of nitrogens with zero attached hydrogens (tertiary/aromatic N) is 3. The van der Waals surface area contributed by atoms with Crippen molar-refractivity contribution in [3.63, 3.8) is 0 Å². The maximum absolute atomic E-state index is 13.9. The molecule has 10 nitrogen and oxygen atoms in total. The lowest BCUT2D eigenvalue weighted by atomic mass is 10.0. The van der Waals surface area contributed by atoms with E-state index in [1.807, 2.05) is 0 Å². The summed E-state index contributed by atoms with van der Waals surface area (Å²) in [7, 11) is -3.40. The van der Waals surface area contributed by atoms with Gasteiger partial charge in [0.1, 0.15) is 12.4 Å². The number of carbonyl (C=O) groups excluding carboxylic acids is 2. The topological polar surface area (TPSA) is 141 Å². The van der Waals surface area contributed by atoms with Crippen molar-refractivity contribution in [1.82, 2.24) is 10.3 Å². The second kappa shape index (κ2) is 11.7. The summed E-state index contributed by atoms with van der Waals surface area (Å²) in [6.07, 6.45) is -5.58. The Balaban J connectivity index is 1.98. The number of amides is 3. The van der Waals surface area contributed by atoms with E-state index in [2.05, 4.69) is 14.7 Å². The van der Waals surface area contributed by atoms with Gasteiger partial charge in [0.05, 0.1) is 20.9 Å². The van der Waals surface area contributed by atoms with Crippen LogP contribution in [-0.2, 0) is 20.7 Å². The number of alkyl halides is 5. The minimum absolute atomic E-state index is 0.00598. The molecule has 1 fully saturated rings. The summed E-state index contributed by atoms with van der Waals surface area (Å²) in [5.41, 5.74) is -2.08. The normalized spacial score (nSPS) is 16.8. The molecule has 1 aromatic heterocycles. The van der Waals surface area contributed by atoms with Gasteiger partial charge in [0.15, 0.2) is 0 Å². The predicted molar refractivity (Wildman–Crippen MR) is 135 cm³/mol. The smallest absolute Gasteiger partial charge is 0.418 e. The Morgan fingerprint density at radius 1 is 1.20 bits per heavy atom. The summed E-state index contributed by atoms with van der Waals surface area (Å²) < 4.78 is 85.4. The van der Waals surface area contributed by atoms with E-state index in [0.717, 1.165) is 13.2 Å². The highest BCUT2D eigenvalue weighted by molar-refractivity contribution is 7.93. The van der Waals surface area contributed by atoms with Gasteiger partial charge in [-0.25, -0.2) is 22.8 Å². The monoisotopic (exact) mass is 591 g/mol. The van der Waals surface area contributed by atoms with Crippen LogP contribution in [0, 0.1) is 6.92 Å². The Bertz CT molecular complexity index is 1440. The zero-order chi connectivity index (χ0) is 29.9. The highest BCUT2D eigenvalue weighted by atomic mass is 32.2. The van der Waals surface area contributed by atoms with Gasteiger partial charge in [0, 0.05) is 49.0 Å². The van der Waals surface area contributed by atoms with Crippen LogP contribution in [0.5, 0.6) is 0 Å². The molecule has 2 aromatic rings. The summed E-state index contributed by atoms with van der Waals surface area (Å²) in [5, 5.41) is 12.8. The van der Waals surface area contributed by atoms with Gasteiger partial charge in [-0.2, -0.15) is 17.5 Å². The Labute approximate surface area is 226 Å². The largest absolute Gasteiger partial charge is 0.465 e. The van der Waals surface area contributed by atoms with Crippen molar-refractivity contribution in [3.8, 4) is 0 Å². The summed E-state index contributed by atoms with van der Waals surface area (Å²) in [6, 6.07) is 5.25. The minimum atomic E-state index is -4.84. The fourth-order valence-corrected chi connectivity index (χ4v) is 5.33. The van der Waals surface area contributed by atoms with Gasteiger partial charge in [0.2, 0.25) is 5.92 Å². The van der Waals surface area contributed by atoms with Gasteiger partial charge in [-0.05, 0) is 37.1 Å². The number of carboxylic acid groups (broad SMARTS) is 1. The molecule has 3 rings (SSSR count). The first kappa shape index (κ1) is 30.7. The molecule has 3 N–H and O–H groups in total. The molecule has 1 aliphatic heterocycles. The standard InChI is InChI=1S/C24H26F5N5O5S/c1-14-17(24(27,28)29)12-30-20(34-9-4-7-23(25,26)8-10-34)19(14)21(36)32-15-5-3-6-16(11-15)40(2,39)33-18(35)13-31-22(37)38/h3,5-6,11-12,31H,4,7-10,13H2,1-2H3,(H,32,36)(H,37,38). The Morgan fingerprint density at radius 3 is 2.55 bits per heavy atom. The molecule has 218 valence electrons. The third-order valence-corrected chi connectivity index (χ3v) is 7.75. The molecule has 40 heavy (non-hydrogen) atoms. The van der Waals surface area contributed by atoms with Crippen LogP contribution in [0.15, 0.2) is 39.7 Å². The molecule has 0 spiro atoms. The number of halogens is 5. The van der Waals surface area contributed by atoms with E-state index >= 15 is 0 Å². The molecule has 16 heteroatoms. The van der Waals surface area contributed by atoms with E-state index < -0.39 is 75.8 Å². The molecule has 1 saturated heterocycles. The second-order valence-corrected chi connectivity index (χ2v) is 11.4. The van der Waals surface area contributed by atoms with E-state index in [1.54, 1.807) is 5.32 Å². The van der Waals surface area contributed by atoms with Crippen molar-refractivity contribution in [3.05, 3.63) is 47.2 Å². The first-order valence-corrected chi connectivity index (χ1v) is 13.8. The lowest BCUT2D eigenvalue weighted by Gasteiger charge is -2.26. The molecular weight excluding hydrogens is 565 g/mol. The third kappa shape index (κ3) is 7.64. The van der Waals surface area contributed by atoms with Crippen LogP contribution in [0.2, 0.25) is 0 Å². The zero-order valence-corrected chi connectivity index (χ0v) is 22.2. The molecule has 0 saturated carbocycles. The maximum Gasteiger partial charge on any atom is 0.418 e. The molecule has 0 bridgehead atoms. The highest BCUT2D eigenvalue weighted by Gasteiger charge is 2.38. The average Bonchev–Trinajstić information content (AvgIpc) is 3.01. The SMILES string of the molecule is Cc1c(C(F)(F)F)cnc(N2CCCC(F)(F)CC2)c1C(=O)Nc1cccc(S(C)(=O)=NC(=O)CNC(=O)O)c1. The molecule has 0 radical (unpaired) electrons. The summed E-state index contributed by atoms with van der Waals surface area (Å²) in [6.45, 7) is 0.182. The average molecular weight is 592 g/mol. The van der Waals surface area contributed by atoms with E-state index in [-0.39, 0.29) is 35.9 Å². The molecule has 2 heterocycles. The fourth-order valence-electron chi connectivity index (χ4n) is 4.10. The van der Waals surface area contributed by atoms with E-state index in [1.165, 1.54) is 29.2 Å². The van der Waals surface area contributed by atoms with Crippen molar-refractivity contribution in [2.75, 3.05) is 36.1 Å². The van der Waals surface area contributed by atoms with Gasteiger partial charge in [-0.15, -0.1) is 0 Å². The lowest BCUT2D eigenvalue weighted by molar-refractivity contribution is -0.138. The number of carbonyl (C=O) groups is 3. The highest BCUT2D eigenvalue weighted by Crippen LogP contribution is 2.37. The molecule has 0 aliphatic carbocycles. The van der Waals surface area contributed by atoms with E-state index in [4.69, 9.17) is 5.11 Å². The lowest BCUT2D eigenvalue weighted by Crippen LogP contribution is -2.30. The van der Waals surface area contributed by atoms with Crippen LogP contribution >= 0.6 is 0 Å². The third-order valence-electron chi connectivity index (χ3n) is 6.06. The Hall–Kier alpha value is -3.82. The molecule has 3 amide bonds. The van der Waals surface area contributed by atoms with Crippen LogP contribution in [0.1, 0.15) is 40.7 Å². The molecule has 1 aliphatic rings. The quantitative estimate of drug-likeness (QED) is 0.419. The van der Waals surface area contributed by atoms with Crippen LogP contribution in [-0.4, -0.2) is 64.0 Å². The van der Waals surface area contributed by atoms with Gasteiger partial charge < -0.3 is 20.6 Å². The van der Waals surface area contributed by atoms with Crippen molar-refractivity contribution >= 4 is 39.1 Å². The first-order valence-electron chi connectivity index (χ1n) is 11.8. The Kier molecular flexibility index (Phi) is 9.01. The van der Waals surface area contributed by atoms with Gasteiger partial charge in [-0.1, -0.05) is 6.07 Å². The van der Waals surface area contributed by atoms with Crippen molar-refractivity contribution in [1.29, 1.82) is 0 Å². The van der Waals surface area contributed by atoms with Gasteiger partial charge in [0.25, 0.3) is 11.8 Å². The zero-order valence-electron chi connectivity index (χ0n) is 21.3. The van der Waals surface area contributed by atoms with Crippen molar-refractivity contribution in [2.45, 2.75) is 43.2 Å². The fraction of sp³-hybridized carbons (Fsp3) is 0.417. The maximum atomic E-state index is 13.9. The minimum Gasteiger partial charge on any atom is -0.465 e. The van der Waals surface area contributed by atoms with Crippen molar-refractivity contribution < 1.29 is 45.7 Å².